The number of guanidine groups is 1. The number of aromatic nitrogens is 2. The van der Waals surface area contributed by atoms with Crippen LogP contribution in [0.4, 0.5) is 23.4 Å². The number of carbonyl (C=O) groups is 1. The van der Waals surface area contributed by atoms with E-state index in [4.69, 9.17) is 11.6 Å². The molecule has 34 heavy (non-hydrogen) atoms. The summed E-state index contributed by atoms with van der Waals surface area (Å²) in [6.45, 7) is -0.173. The Balaban J connectivity index is 1.68. The molecule has 0 atom stereocenters. The molecule has 12 heteroatoms. The number of amides is 1. The minimum atomic E-state index is -1.23. The van der Waals surface area contributed by atoms with Gasteiger partial charge in [0.1, 0.15) is 22.9 Å². The van der Waals surface area contributed by atoms with Crippen LogP contribution in [-0.2, 0) is 6.54 Å². The highest BCUT2D eigenvalue weighted by atomic mass is 35.5. The third-order valence-corrected chi connectivity index (χ3v) is 4.86. The van der Waals surface area contributed by atoms with E-state index in [0.29, 0.717) is 11.6 Å². The van der Waals surface area contributed by atoms with Gasteiger partial charge < -0.3 is 10.4 Å². The Morgan fingerprint density at radius 3 is 2.53 bits per heavy atom. The van der Waals surface area contributed by atoms with E-state index in [9.17, 15) is 27.5 Å². The maximum Gasteiger partial charge on any atom is 0.258 e. The van der Waals surface area contributed by atoms with Crippen LogP contribution in [0.3, 0.4) is 0 Å². The number of phenolic OH excluding ortho intramolecular Hbond substituents is 1. The lowest BCUT2D eigenvalue weighted by molar-refractivity contribution is 0.0976. The molecule has 0 saturated carbocycles. The molecule has 4 aromatic rings. The van der Waals surface area contributed by atoms with Crippen molar-refractivity contribution in [3.8, 4) is 5.75 Å². The monoisotopic (exact) mass is 491 g/mol. The number of hydrogen-bond donors (Lipinski definition) is 4. The number of carbonyl (C=O) groups excluding carboxylic acids is 1. The molecule has 0 unspecified atom stereocenters. The fourth-order valence-corrected chi connectivity index (χ4v) is 3.33. The number of rotatable bonds is 4. The number of fused-ring (bicyclic) bond motifs is 1. The van der Waals surface area contributed by atoms with E-state index >= 15 is 0 Å². The van der Waals surface area contributed by atoms with Crippen molar-refractivity contribution in [1.29, 1.82) is 0 Å². The number of halogens is 5. The Kier molecular flexibility index (Phi) is 6.37. The molecule has 0 aliphatic heterocycles. The van der Waals surface area contributed by atoms with Crippen LogP contribution in [0.2, 0.25) is 5.02 Å². The molecule has 0 aliphatic rings. The smallest absolute Gasteiger partial charge is 0.258 e. The summed E-state index contributed by atoms with van der Waals surface area (Å²) in [6.07, 6.45) is 0. The number of phenols is 1. The molecule has 0 spiro atoms. The van der Waals surface area contributed by atoms with Gasteiger partial charge in [-0.3, -0.25) is 15.2 Å². The number of aliphatic imine (C=N–C) groups is 1. The van der Waals surface area contributed by atoms with E-state index in [1.54, 1.807) is 0 Å². The molecule has 0 saturated heterocycles. The molecule has 1 aromatic heterocycles. The van der Waals surface area contributed by atoms with Crippen molar-refractivity contribution in [3.05, 3.63) is 87.9 Å². The maximum atomic E-state index is 14.4. The lowest BCUT2D eigenvalue weighted by Gasteiger charge is -2.11. The van der Waals surface area contributed by atoms with Gasteiger partial charge in [0.05, 0.1) is 11.9 Å². The molecule has 0 aliphatic carbocycles. The van der Waals surface area contributed by atoms with Gasteiger partial charge in [-0.2, -0.15) is 5.10 Å². The first-order valence-corrected chi connectivity index (χ1v) is 9.97. The first-order valence-electron chi connectivity index (χ1n) is 9.59. The molecule has 7 nitrogen and oxygen atoms in total. The number of anilines is 1. The summed E-state index contributed by atoms with van der Waals surface area (Å²) in [4.78, 5) is 16.8. The SMILES string of the molecule is O=C(NC(=NCc1cc(F)cc(Cl)c1)Nc1n[nH]c2c(O)ccc(F)c12)c1ccc(F)c(F)c1. The van der Waals surface area contributed by atoms with E-state index in [-0.39, 0.29) is 45.6 Å². The summed E-state index contributed by atoms with van der Waals surface area (Å²) in [5.41, 5.74) is 0.116. The zero-order valence-electron chi connectivity index (χ0n) is 17.0. The zero-order chi connectivity index (χ0) is 24.4. The van der Waals surface area contributed by atoms with Crippen LogP contribution in [0.25, 0.3) is 10.9 Å². The quantitative estimate of drug-likeness (QED) is 0.186. The summed E-state index contributed by atoms with van der Waals surface area (Å²) in [5, 5.41) is 21.3. The van der Waals surface area contributed by atoms with Gasteiger partial charge >= 0.3 is 0 Å². The van der Waals surface area contributed by atoms with Crippen molar-refractivity contribution in [2.45, 2.75) is 6.54 Å². The van der Waals surface area contributed by atoms with E-state index < -0.39 is 29.2 Å². The molecule has 0 radical (unpaired) electrons. The van der Waals surface area contributed by atoms with Crippen LogP contribution in [0, 0.1) is 23.3 Å². The van der Waals surface area contributed by atoms with Gasteiger partial charge in [-0.15, -0.1) is 0 Å². The molecule has 1 amide bonds. The highest BCUT2D eigenvalue weighted by molar-refractivity contribution is 6.30. The number of benzene rings is 3. The second kappa shape index (κ2) is 9.40. The van der Waals surface area contributed by atoms with Gasteiger partial charge in [0, 0.05) is 10.6 Å². The van der Waals surface area contributed by atoms with Crippen LogP contribution in [0.5, 0.6) is 5.75 Å². The number of hydrogen-bond acceptors (Lipinski definition) is 4. The highest BCUT2D eigenvalue weighted by Gasteiger charge is 2.18. The number of nitrogens with zero attached hydrogens (tertiary/aromatic N) is 2. The largest absolute Gasteiger partial charge is 0.506 e. The predicted octanol–water partition coefficient (Wildman–Crippen LogP) is 4.88. The van der Waals surface area contributed by atoms with Crippen LogP contribution in [0.1, 0.15) is 15.9 Å². The molecule has 1 heterocycles. The molecule has 4 N–H and O–H groups in total. The van der Waals surface area contributed by atoms with Crippen LogP contribution in [-0.4, -0.2) is 27.2 Å². The van der Waals surface area contributed by atoms with Crippen LogP contribution >= 0.6 is 11.6 Å². The van der Waals surface area contributed by atoms with Crippen molar-refractivity contribution in [1.82, 2.24) is 15.5 Å². The summed E-state index contributed by atoms with van der Waals surface area (Å²) < 4.78 is 54.8. The zero-order valence-corrected chi connectivity index (χ0v) is 17.7. The van der Waals surface area contributed by atoms with E-state index in [0.717, 1.165) is 30.3 Å². The third kappa shape index (κ3) is 4.94. The van der Waals surface area contributed by atoms with Crippen molar-refractivity contribution < 1.29 is 27.5 Å². The average molecular weight is 492 g/mol. The minimum Gasteiger partial charge on any atom is -0.506 e. The molecule has 3 aromatic carbocycles. The van der Waals surface area contributed by atoms with E-state index in [2.05, 4.69) is 25.8 Å². The number of aromatic hydroxyl groups is 1. The molecule has 174 valence electrons. The lowest BCUT2D eigenvalue weighted by atomic mass is 10.2. The van der Waals surface area contributed by atoms with Crippen molar-refractivity contribution in [2.24, 2.45) is 4.99 Å². The lowest BCUT2D eigenvalue weighted by Crippen LogP contribution is -2.36. The Morgan fingerprint density at radius 2 is 1.79 bits per heavy atom. The van der Waals surface area contributed by atoms with Crippen molar-refractivity contribution >= 4 is 40.2 Å². The predicted molar refractivity (Wildman–Crippen MR) is 118 cm³/mol. The molecule has 0 fully saturated rings. The number of aromatic amines is 1. The number of H-pyrrole nitrogens is 1. The van der Waals surface area contributed by atoms with Gasteiger partial charge in [-0.25, -0.2) is 22.6 Å². The first kappa shape index (κ1) is 23.1. The topological polar surface area (TPSA) is 102 Å². The summed E-state index contributed by atoms with van der Waals surface area (Å²) >= 11 is 5.85. The molecular formula is C22H14ClF4N5O2. The fourth-order valence-electron chi connectivity index (χ4n) is 3.08. The second-order valence-corrected chi connectivity index (χ2v) is 7.48. The van der Waals surface area contributed by atoms with Gasteiger partial charge in [0.25, 0.3) is 5.91 Å². The molecular weight excluding hydrogens is 478 g/mol. The van der Waals surface area contributed by atoms with E-state index in [1.165, 1.54) is 12.1 Å². The minimum absolute atomic E-state index is 0.00862. The molecule has 4 rings (SSSR count). The summed E-state index contributed by atoms with van der Waals surface area (Å²) in [7, 11) is 0. The Labute approximate surface area is 194 Å². The second-order valence-electron chi connectivity index (χ2n) is 7.04. The first-order chi connectivity index (χ1) is 16.2. The summed E-state index contributed by atoms with van der Waals surface area (Å²) in [5.74, 6) is -5.24. The molecule has 0 bridgehead atoms. The van der Waals surface area contributed by atoms with Crippen LogP contribution in [0.15, 0.2) is 53.5 Å². The Hall–Kier alpha value is -4.12. The Morgan fingerprint density at radius 1 is 1.03 bits per heavy atom. The maximum absolute atomic E-state index is 14.4. The standard InChI is InChI=1S/C22H14ClF4N5O2/c23-12-5-10(6-13(24)8-12)9-28-22(30-21(34)11-1-2-14(25)16(27)7-11)29-20-18-15(26)3-4-17(33)19(18)31-32-20/h1-8,33H,9H2,(H3,28,29,30,31,32,34). The third-order valence-electron chi connectivity index (χ3n) is 4.64. The highest BCUT2D eigenvalue weighted by Crippen LogP contribution is 2.30. The summed E-state index contributed by atoms with van der Waals surface area (Å²) in [6, 6.07) is 8.40. The van der Waals surface area contributed by atoms with Gasteiger partial charge in [-0.05, 0) is 54.1 Å². The Bertz CT molecular complexity index is 1420. The van der Waals surface area contributed by atoms with Gasteiger partial charge in [0.2, 0.25) is 5.96 Å². The van der Waals surface area contributed by atoms with Crippen LogP contribution < -0.4 is 10.6 Å². The van der Waals surface area contributed by atoms with E-state index in [1.807, 2.05) is 0 Å². The average Bonchev–Trinajstić information content (AvgIpc) is 3.21. The van der Waals surface area contributed by atoms with Crippen molar-refractivity contribution in [3.63, 3.8) is 0 Å². The normalized spacial score (nSPS) is 11.6. The van der Waals surface area contributed by atoms with Gasteiger partial charge in [-0.1, -0.05) is 11.6 Å². The fraction of sp³-hybridized carbons (Fsp3) is 0.0455. The van der Waals surface area contributed by atoms with Crippen molar-refractivity contribution in [2.75, 3.05) is 5.32 Å². The number of nitrogens with one attached hydrogen (secondary N) is 3. The van der Waals surface area contributed by atoms with Gasteiger partial charge in [0.15, 0.2) is 17.5 Å².